The minimum Gasteiger partial charge on any atom is -0.463 e. The van der Waals surface area contributed by atoms with Crippen LogP contribution < -0.4 is 0 Å². The van der Waals surface area contributed by atoms with Crippen molar-refractivity contribution in [3.8, 4) is 0 Å². The van der Waals surface area contributed by atoms with E-state index in [0.717, 1.165) is 141 Å². The summed E-state index contributed by atoms with van der Waals surface area (Å²) in [6.07, 6.45) is 65.8. The largest absolute Gasteiger partial charge is 0.472 e. The fourth-order valence-corrected chi connectivity index (χ4v) is 9.66. The molecule has 0 heterocycles. The van der Waals surface area contributed by atoms with E-state index >= 15 is 0 Å². The highest BCUT2D eigenvalue weighted by atomic mass is 31.2. The topological polar surface area (TPSA) is 231 Å². The van der Waals surface area contributed by atoms with Crippen LogP contribution in [0.3, 0.4) is 0 Å². The van der Waals surface area contributed by atoms with Gasteiger partial charge in [0.25, 0.3) is 0 Å². The first-order valence-corrected chi connectivity index (χ1v) is 35.2. The Hall–Kier alpha value is -3.79. The number of allylic oxidation sites excluding steroid dienone is 18. The molecule has 0 aromatic heterocycles. The van der Waals surface area contributed by atoms with E-state index in [1.54, 1.807) is 0 Å². The van der Waals surface area contributed by atoms with E-state index in [2.05, 4.69) is 130 Å². The van der Waals surface area contributed by atoms with Crippen LogP contribution in [0.5, 0.6) is 0 Å². The first kappa shape index (κ1) is 81.2. The number of carbonyl (C=O) groups excluding carboxylic acids is 3. The standard InChI is InChI=1S/C67H114O16P2/c1-4-7-10-13-16-19-22-25-28-29-30-31-34-36-38-41-44-47-50-53-65(70)77-56-62(68)57-79-84(73,74)80-58-63(69)59-81-85(75,76)82-61-64(83-67(72)55-52-49-46-43-40-37-33-27-24-21-18-15-12-9-6-3)60-78-66(71)54-51-48-45-42-39-35-32-26-23-20-17-14-11-8-5-2/h7-8,10-11,16-17,19-20,25-28,30-33,36,38,62-64,68-69H,4-6,9,12-15,18,21-24,29,34-35,37,39-61H2,1-3H3,(H,73,74)(H,75,76)/b10-7-,11-8-,19-16-,20-17-,28-25-,31-30-,32-26-,33-27-,38-36-. The Kier molecular flexibility index (Phi) is 57.8. The van der Waals surface area contributed by atoms with Crippen LogP contribution in [0.1, 0.15) is 239 Å². The van der Waals surface area contributed by atoms with E-state index < -0.39 is 91.5 Å². The second kappa shape index (κ2) is 60.5. The third kappa shape index (κ3) is 61.6. The molecule has 0 rings (SSSR count). The Morgan fingerprint density at radius 3 is 1.01 bits per heavy atom. The van der Waals surface area contributed by atoms with E-state index in [1.807, 2.05) is 0 Å². The first-order chi connectivity index (χ1) is 41.2. The number of unbranched alkanes of at least 4 members (excludes halogenated alkanes) is 19. The molecule has 0 radical (unpaired) electrons. The number of phosphoric acid groups is 2. The number of hydrogen-bond acceptors (Lipinski definition) is 14. The van der Waals surface area contributed by atoms with Crippen molar-refractivity contribution in [3.05, 3.63) is 109 Å². The number of aliphatic hydroxyl groups is 2. The van der Waals surface area contributed by atoms with Gasteiger partial charge < -0.3 is 34.2 Å². The fraction of sp³-hybridized carbons (Fsp3) is 0.687. The molecule has 0 fully saturated rings. The van der Waals surface area contributed by atoms with Gasteiger partial charge in [-0.2, -0.15) is 0 Å². The van der Waals surface area contributed by atoms with Gasteiger partial charge in [-0.05, 0) is 122 Å². The lowest BCUT2D eigenvalue weighted by atomic mass is 10.1. The SMILES string of the molecule is CC/C=C\C/C=C\C/C=C\C/C=C\C/C=C\CCCCCC(=O)OCC(O)COP(=O)(O)OCC(O)COP(=O)(O)OCC(COC(=O)CCCCCCC/C=C\C/C=C\C/C=C\CC)OC(=O)CCCCCCC/C=C\CCCCCCCC. The van der Waals surface area contributed by atoms with Crippen LogP contribution in [0.2, 0.25) is 0 Å². The molecular formula is C67H114O16P2. The molecule has 0 aliphatic heterocycles. The number of rotatable bonds is 60. The third-order valence-electron chi connectivity index (χ3n) is 13.0. The Bertz CT molecular complexity index is 1990. The Morgan fingerprint density at radius 2 is 0.624 bits per heavy atom. The molecule has 0 amide bonds. The van der Waals surface area contributed by atoms with Gasteiger partial charge in [-0.25, -0.2) is 9.13 Å². The van der Waals surface area contributed by atoms with Crippen molar-refractivity contribution in [1.82, 2.24) is 0 Å². The van der Waals surface area contributed by atoms with Crippen molar-refractivity contribution in [2.75, 3.05) is 39.6 Å². The summed E-state index contributed by atoms with van der Waals surface area (Å²) in [5, 5.41) is 20.5. The molecule has 5 unspecified atom stereocenters. The lowest BCUT2D eigenvalue weighted by Crippen LogP contribution is -2.30. The zero-order chi connectivity index (χ0) is 62.4. The average Bonchev–Trinajstić information content (AvgIpc) is 3.52. The van der Waals surface area contributed by atoms with Gasteiger partial charge in [0.05, 0.1) is 26.4 Å². The molecule has 0 aliphatic rings. The molecular weight excluding hydrogens is 1120 g/mol. The summed E-state index contributed by atoms with van der Waals surface area (Å²) in [5.74, 6) is -1.64. The quantitative estimate of drug-likeness (QED) is 0.0146. The number of phosphoric ester groups is 2. The maximum absolute atomic E-state index is 12.9. The summed E-state index contributed by atoms with van der Waals surface area (Å²) in [6.45, 7) is 2.35. The molecule has 0 aromatic carbocycles. The van der Waals surface area contributed by atoms with Gasteiger partial charge in [0.2, 0.25) is 0 Å². The molecule has 488 valence electrons. The number of hydrogen-bond donors (Lipinski definition) is 4. The molecule has 0 saturated carbocycles. The van der Waals surface area contributed by atoms with E-state index in [4.69, 9.17) is 32.3 Å². The van der Waals surface area contributed by atoms with Crippen LogP contribution in [-0.4, -0.2) is 95.9 Å². The highest BCUT2D eigenvalue weighted by molar-refractivity contribution is 7.47. The first-order valence-electron chi connectivity index (χ1n) is 32.2. The maximum Gasteiger partial charge on any atom is 0.472 e. The molecule has 0 bridgehead atoms. The van der Waals surface area contributed by atoms with Gasteiger partial charge in [-0.1, -0.05) is 207 Å². The lowest BCUT2D eigenvalue weighted by Gasteiger charge is -2.21. The van der Waals surface area contributed by atoms with Crippen molar-refractivity contribution in [1.29, 1.82) is 0 Å². The normalized spacial score (nSPS) is 15.0. The Labute approximate surface area is 513 Å². The predicted molar refractivity (Wildman–Crippen MR) is 344 cm³/mol. The van der Waals surface area contributed by atoms with Gasteiger partial charge in [0.1, 0.15) is 25.4 Å². The van der Waals surface area contributed by atoms with Crippen LogP contribution in [0, 0.1) is 0 Å². The summed E-state index contributed by atoms with van der Waals surface area (Å²) in [6, 6.07) is 0. The van der Waals surface area contributed by atoms with E-state index in [-0.39, 0.29) is 19.3 Å². The summed E-state index contributed by atoms with van der Waals surface area (Å²) in [4.78, 5) is 58.2. The summed E-state index contributed by atoms with van der Waals surface area (Å²) in [5.41, 5.74) is 0. The van der Waals surface area contributed by atoms with Crippen molar-refractivity contribution in [2.24, 2.45) is 0 Å². The second-order valence-corrected chi connectivity index (χ2v) is 24.1. The van der Waals surface area contributed by atoms with Gasteiger partial charge in [0, 0.05) is 19.3 Å². The number of carbonyl (C=O) groups is 3. The molecule has 0 aromatic rings. The van der Waals surface area contributed by atoms with E-state index in [1.165, 1.54) is 38.5 Å². The number of aliphatic hydroxyl groups excluding tert-OH is 2. The van der Waals surface area contributed by atoms with Gasteiger partial charge >= 0.3 is 33.6 Å². The predicted octanol–water partition coefficient (Wildman–Crippen LogP) is 17.3. The third-order valence-corrected chi connectivity index (χ3v) is 14.9. The molecule has 18 heteroatoms. The Morgan fingerprint density at radius 1 is 0.341 bits per heavy atom. The molecule has 4 N–H and O–H groups in total. The monoisotopic (exact) mass is 1240 g/mol. The van der Waals surface area contributed by atoms with Crippen molar-refractivity contribution < 1.29 is 75.8 Å². The lowest BCUT2D eigenvalue weighted by molar-refractivity contribution is -0.161. The highest BCUT2D eigenvalue weighted by Gasteiger charge is 2.29. The maximum atomic E-state index is 12.9. The fourth-order valence-electron chi connectivity index (χ4n) is 8.07. The van der Waals surface area contributed by atoms with Crippen LogP contribution >= 0.6 is 15.6 Å². The second-order valence-electron chi connectivity index (χ2n) is 21.1. The number of ether oxygens (including phenoxy) is 3. The molecule has 0 spiro atoms. The van der Waals surface area contributed by atoms with Gasteiger partial charge in [0.15, 0.2) is 6.10 Å². The highest BCUT2D eigenvalue weighted by Crippen LogP contribution is 2.45. The molecule has 85 heavy (non-hydrogen) atoms. The summed E-state index contributed by atoms with van der Waals surface area (Å²) >= 11 is 0. The minimum atomic E-state index is -4.93. The number of esters is 3. The zero-order valence-corrected chi connectivity index (χ0v) is 54.3. The zero-order valence-electron chi connectivity index (χ0n) is 52.5. The van der Waals surface area contributed by atoms with Crippen LogP contribution in [0.15, 0.2) is 109 Å². The van der Waals surface area contributed by atoms with Crippen LogP contribution in [-0.2, 0) is 55.8 Å². The average molecular weight is 1240 g/mol. The van der Waals surface area contributed by atoms with Gasteiger partial charge in [-0.15, -0.1) is 0 Å². The molecule has 5 atom stereocenters. The summed E-state index contributed by atoms with van der Waals surface area (Å²) in [7, 11) is -9.79. The van der Waals surface area contributed by atoms with Crippen molar-refractivity contribution in [3.63, 3.8) is 0 Å². The summed E-state index contributed by atoms with van der Waals surface area (Å²) < 4.78 is 60.7. The minimum absolute atomic E-state index is 0.0883. The Balaban J connectivity index is 4.72. The van der Waals surface area contributed by atoms with Crippen molar-refractivity contribution in [2.45, 2.75) is 257 Å². The van der Waals surface area contributed by atoms with E-state index in [0.29, 0.717) is 19.3 Å². The molecule has 0 saturated heterocycles. The van der Waals surface area contributed by atoms with Crippen LogP contribution in [0.25, 0.3) is 0 Å². The van der Waals surface area contributed by atoms with E-state index in [9.17, 15) is 43.5 Å². The van der Waals surface area contributed by atoms with Crippen LogP contribution in [0.4, 0.5) is 0 Å². The molecule has 16 nitrogen and oxygen atoms in total. The smallest absolute Gasteiger partial charge is 0.463 e. The van der Waals surface area contributed by atoms with Crippen molar-refractivity contribution >= 4 is 33.6 Å². The van der Waals surface area contributed by atoms with Gasteiger partial charge in [-0.3, -0.25) is 32.5 Å². The molecule has 0 aliphatic carbocycles.